The van der Waals surface area contributed by atoms with Crippen molar-refractivity contribution in [1.29, 1.82) is 0 Å². The SMILES string of the molecule is C=CCN(Cc1cnc(S(=O)(=O)Cc2ccccc2F)n1C[C@H]1CCCO1)C(=O)CC(C)C. The summed E-state index contributed by atoms with van der Waals surface area (Å²) in [6, 6.07) is 5.82. The lowest BCUT2D eigenvalue weighted by Gasteiger charge is -2.24. The molecule has 0 aliphatic carbocycles. The molecule has 33 heavy (non-hydrogen) atoms. The first kappa shape index (κ1) is 25.1. The molecule has 1 aliphatic heterocycles. The van der Waals surface area contributed by atoms with Gasteiger partial charge in [0.1, 0.15) is 5.82 Å². The second-order valence-corrected chi connectivity index (χ2v) is 10.7. The average molecular weight is 478 g/mol. The van der Waals surface area contributed by atoms with Crippen molar-refractivity contribution in [2.45, 2.75) is 63.2 Å². The van der Waals surface area contributed by atoms with Gasteiger partial charge in [-0.1, -0.05) is 38.1 Å². The van der Waals surface area contributed by atoms with E-state index in [2.05, 4.69) is 11.6 Å². The van der Waals surface area contributed by atoms with Crippen LogP contribution in [0.2, 0.25) is 0 Å². The molecule has 2 heterocycles. The molecule has 1 amide bonds. The molecule has 0 N–H and O–H groups in total. The minimum atomic E-state index is -3.94. The molecule has 1 aliphatic rings. The van der Waals surface area contributed by atoms with Crippen LogP contribution in [0.3, 0.4) is 0 Å². The van der Waals surface area contributed by atoms with Crippen LogP contribution in [-0.2, 0) is 38.2 Å². The highest BCUT2D eigenvalue weighted by atomic mass is 32.2. The highest BCUT2D eigenvalue weighted by Crippen LogP contribution is 2.23. The smallest absolute Gasteiger partial charge is 0.228 e. The minimum absolute atomic E-state index is 0.0365. The summed E-state index contributed by atoms with van der Waals surface area (Å²) < 4.78 is 48.0. The van der Waals surface area contributed by atoms with Gasteiger partial charge in [0.05, 0.1) is 36.8 Å². The van der Waals surface area contributed by atoms with E-state index in [-0.39, 0.29) is 35.2 Å². The fourth-order valence-electron chi connectivity index (χ4n) is 3.92. The molecule has 0 saturated carbocycles. The van der Waals surface area contributed by atoms with Gasteiger partial charge < -0.3 is 14.2 Å². The van der Waals surface area contributed by atoms with Gasteiger partial charge in [0.2, 0.25) is 20.9 Å². The van der Waals surface area contributed by atoms with Crippen molar-refractivity contribution in [3.63, 3.8) is 0 Å². The Bertz CT molecular complexity index is 1080. The number of hydrogen-bond donors (Lipinski definition) is 0. The summed E-state index contributed by atoms with van der Waals surface area (Å²) in [6.45, 7) is 9.16. The Labute approximate surface area is 195 Å². The summed E-state index contributed by atoms with van der Waals surface area (Å²) in [5.41, 5.74) is 0.683. The van der Waals surface area contributed by atoms with Crippen molar-refractivity contribution < 1.29 is 22.3 Å². The monoisotopic (exact) mass is 477 g/mol. The second kappa shape index (κ2) is 11.1. The molecule has 0 spiro atoms. The zero-order valence-corrected chi connectivity index (χ0v) is 20.1. The maximum Gasteiger partial charge on any atom is 0.228 e. The first-order valence-corrected chi connectivity index (χ1v) is 12.9. The number of hydrogen-bond acceptors (Lipinski definition) is 5. The molecule has 1 aromatic heterocycles. The minimum Gasteiger partial charge on any atom is -0.376 e. The van der Waals surface area contributed by atoms with E-state index in [4.69, 9.17) is 4.74 Å². The zero-order valence-electron chi connectivity index (χ0n) is 19.2. The molecule has 0 unspecified atom stereocenters. The van der Waals surface area contributed by atoms with Gasteiger partial charge in [0, 0.05) is 25.1 Å². The van der Waals surface area contributed by atoms with Crippen LogP contribution in [0, 0.1) is 11.7 Å². The van der Waals surface area contributed by atoms with E-state index in [0.29, 0.717) is 31.8 Å². The quantitative estimate of drug-likeness (QED) is 0.461. The van der Waals surface area contributed by atoms with Crippen molar-refractivity contribution in [2.24, 2.45) is 5.92 Å². The molecule has 1 atom stereocenters. The fraction of sp³-hybridized carbons (Fsp3) is 0.500. The number of sulfone groups is 1. The predicted molar refractivity (Wildman–Crippen MR) is 124 cm³/mol. The molecule has 0 radical (unpaired) electrons. The maximum atomic E-state index is 14.2. The van der Waals surface area contributed by atoms with Crippen LogP contribution in [0.1, 0.15) is 44.4 Å². The maximum absolute atomic E-state index is 14.2. The number of nitrogens with zero attached hydrogens (tertiary/aromatic N) is 3. The third-order valence-corrected chi connectivity index (χ3v) is 7.10. The Kier molecular flexibility index (Phi) is 8.42. The van der Waals surface area contributed by atoms with Crippen molar-refractivity contribution >= 4 is 15.7 Å². The number of imidazole rings is 1. The van der Waals surface area contributed by atoms with Crippen LogP contribution in [-0.4, -0.2) is 48.0 Å². The van der Waals surface area contributed by atoms with E-state index < -0.39 is 21.4 Å². The summed E-state index contributed by atoms with van der Waals surface area (Å²) in [6.07, 6.45) is 5.09. The highest BCUT2D eigenvalue weighted by Gasteiger charge is 2.29. The second-order valence-electron chi connectivity index (χ2n) is 8.79. The van der Waals surface area contributed by atoms with E-state index in [1.54, 1.807) is 21.6 Å². The van der Waals surface area contributed by atoms with Crippen molar-refractivity contribution in [2.75, 3.05) is 13.2 Å². The number of benzene rings is 1. The lowest BCUT2D eigenvalue weighted by atomic mass is 10.1. The first-order chi connectivity index (χ1) is 15.7. The number of amides is 1. The summed E-state index contributed by atoms with van der Waals surface area (Å²) in [5, 5.41) is -0.133. The van der Waals surface area contributed by atoms with E-state index >= 15 is 0 Å². The van der Waals surface area contributed by atoms with Gasteiger partial charge in [-0.15, -0.1) is 6.58 Å². The molecule has 2 aromatic rings. The van der Waals surface area contributed by atoms with Crippen LogP contribution in [0.15, 0.2) is 48.3 Å². The molecule has 1 fully saturated rings. The van der Waals surface area contributed by atoms with Gasteiger partial charge in [-0.25, -0.2) is 17.8 Å². The normalized spacial score (nSPS) is 16.3. The van der Waals surface area contributed by atoms with Gasteiger partial charge in [-0.3, -0.25) is 4.79 Å². The Morgan fingerprint density at radius 1 is 1.39 bits per heavy atom. The Balaban J connectivity index is 1.94. The van der Waals surface area contributed by atoms with Crippen LogP contribution >= 0.6 is 0 Å². The Morgan fingerprint density at radius 3 is 2.79 bits per heavy atom. The molecule has 1 aromatic carbocycles. The van der Waals surface area contributed by atoms with E-state index in [9.17, 15) is 17.6 Å². The van der Waals surface area contributed by atoms with Crippen LogP contribution < -0.4 is 0 Å². The number of ether oxygens (including phenoxy) is 1. The first-order valence-electron chi connectivity index (χ1n) is 11.2. The molecular formula is C24H32FN3O4S. The number of halogens is 1. The molecule has 1 saturated heterocycles. The summed E-state index contributed by atoms with van der Waals surface area (Å²) >= 11 is 0. The molecule has 3 rings (SSSR count). The summed E-state index contributed by atoms with van der Waals surface area (Å²) in [4.78, 5) is 18.6. The highest BCUT2D eigenvalue weighted by molar-refractivity contribution is 7.90. The topological polar surface area (TPSA) is 81.5 Å². The standard InChI is InChI=1S/C24H32FN3O4S/c1-4-11-27(23(29)13-18(2)3)15-20-14-26-24(28(20)16-21-9-7-12-32-21)33(30,31)17-19-8-5-6-10-22(19)25/h4-6,8,10,14,18,21H,1,7,9,11-13,15-17H2,2-3H3/t21-/m1/s1. The van der Waals surface area contributed by atoms with Crippen LogP contribution in [0.4, 0.5) is 4.39 Å². The molecular weight excluding hydrogens is 445 g/mol. The lowest BCUT2D eigenvalue weighted by Crippen LogP contribution is -2.33. The van der Waals surface area contributed by atoms with Crippen molar-refractivity contribution in [1.82, 2.24) is 14.5 Å². The van der Waals surface area contributed by atoms with Gasteiger partial charge in [0.15, 0.2) is 0 Å². The Morgan fingerprint density at radius 2 is 2.15 bits per heavy atom. The predicted octanol–water partition coefficient (Wildman–Crippen LogP) is 3.74. The van der Waals surface area contributed by atoms with Crippen LogP contribution in [0.5, 0.6) is 0 Å². The average Bonchev–Trinajstić information content (AvgIpc) is 3.40. The lowest BCUT2D eigenvalue weighted by molar-refractivity contribution is -0.132. The van der Waals surface area contributed by atoms with Gasteiger partial charge in [-0.2, -0.15) is 0 Å². The zero-order chi connectivity index (χ0) is 24.0. The molecule has 180 valence electrons. The summed E-state index contributed by atoms with van der Waals surface area (Å²) in [5.74, 6) is -0.913. The molecule has 9 heteroatoms. The summed E-state index contributed by atoms with van der Waals surface area (Å²) in [7, 11) is -3.94. The number of carbonyl (C=O) groups is 1. The molecule has 7 nitrogen and oxygen atoms in total. The third kappa shape index (κ3) is 6.51. The fourth-order valence-corrected chi connectivity index (χ4v) is 5.44. The van der Waals surface area contributed by atoms with Crippen LogP contribution in [0.25, 0.3) is 0 Å². The number of aromatic nitrogens is 2. The van der Waals surface area contributed by atoms with E-state index in [0.717, 1.165) is 12.8 Å². The Hall–Kier alpha value is -2.52. The molecule has 0 bridgehead atoms. The van der Waals surface area contributed by atoms with E-state index in [1.807, 2.05) is 13.8 Å². The van der Waals surface area contributed by atoms with Gasteiger partial charge in [0.25, 0.3) is 0 Å². The van der Waals surface area contributed by atoms with Gasteiger partial charge >= 0.3 is 0 Å². The van der Waals surface area contributed by atoms with E-state index in [1.165, 1.54) is 24.4 Å². The third-order valence-electron chi connectivity index (χ3n) is 5.53. The number of rotatable bonds is 11. The van der Waals surface area contributed by atoms with Crippen molar-refractivity contribution in [3.8, 4) is 0 Å². The number of carbonyl (C=O) groups excluding carboxylic acids is 1. The van der Waals surface area contributed by atoms with Gasteiger partial charge in [-0.05, 0) is 24.8 Å². The van der Waals surface area contributed by atoms with Crippen molar-refractivity contribution in [3.05, 3.63) is 60.2 Å². The largest absolute Gasteiger partial charge is 0.376 e.